The molecule has 0 atom stereocenters. The number of rotatable bonds is 7. The van der Waals surface area contributed by atoms with Crippen LogP contribution >= 0.6 is 0 Å². The third-order valence-corrected chi connectivity index (χ3v) is 4.52. The Kier molecular flexibility index (Phi) is 6.65. The molecule has 1 aromatic heterocycles. The Morgan fingerprint density at radius 1 is 1.00 bits per heavy atom. The van der Waals surface area contributed by atoms with Gasteiger partial charge in [0, 0.05) is 24.5 Å². The molecule has 3 rings (SSSR count). The predicted octanol–water partition coefficient (Wildman–Crippen LogP) is 5.68. The van der Waals surface area contributed by atoms with Crippen LogP contribution in [-0.2, 0) is 6.42 Å². The number of hydrogen-bond acceptors (Lipinski definition) is 4. The van der Waals surface area contributed by atoms with Crippen LogP contribution in [0.5, 0.6) is 5.75 Å². The van der Waals surface area contributed by atoms with E-state index in [1.807, 2.05) is 6.92 Å². The minimum absolute atomic E-state index is 0.160. The molecule has 0 aliphatic carbocycles. The summed E-state index contributed by atoms with van der Waals surface area (Å²) in [7, 11) is 0. The van der Waals surface area contributed by atoms with Crippen LogP contribution in [0.2, 0.25) is 0 Å². The second-order valence-electron chi connectivity index (χ2n) is 6.89. The van der Waals surface area contributed by atoms with Gasteiger partial charge in [-0.1, -0.05) is 49.6 Å². The number of aryl methyl sites for hydroxylation is 2. The fourth-order valence-corrected chi connectivity index (χ4v) is 2.93. The summed E-state index contributed by atoms with van der Waals surface area (Å²) in [6.07, 6.45) is 7.22. The first-order valence-electron chi connectivity index (χ1n) is 9.57. The van der Waals surface area contributed by atoms with Gasteiger partial charge in [0.15, 0.2) is 0 Å². The van der Waals surface area contributed by atoms with Gasteiger partial charge in [-0.3, -0.25) is 0 Å². The second kappa shape index (κ2) is 9.37. The lowest BCUT2D eigenvalue weighted by Gasteiger charge is -2.09. The Bertz CT molecular complexity index is 964. The first kappa shape index (κ1) is 20.6. The van der Waals surface area contributed by atoms with Crippen LogP contribution in [0.25, 0.3) is 11.1 Å². The van der Waals surface area contributed by atoms with E-state index in [1.54, 1.807) is 36.7 Å². The standard InChI is InChI=1S/C23H22F2N2O2/c1-3-4-5-6-16-13-26-22(27-14-16)23(28)29-18-11-19(24)21(20(25)12-18)17-9-7-15(2)8-10-17/h7-14H,3-6H2,1-2H3. The zero-order valence-corrected chi connectivity index (χ0v) is 16.4. The number of carbonyl (C=O) groups excluding carboxylic acids is 1. The summed E-state index contributed by atoms with van der Waals surface area (Å²) < 4.78 is 34.0. The van der Waals surface area contributed by atoms with E-state index in [1.165, 1.54) is 0 Å². The van der Waals surface area contributed by atoms with Crippen LogP contribution in [0.4, 0.5) is 8.78 Å². The van der Waals surface area contributed by atoms with Gasteiger partial charge in [-0.15, -0.1) is 0 Å². The lowest BCUT2D eigenvalue weighted by Crippen LogP contribution is -2.13. The summed E-state index contributed by atoms with van der Waals surface area (Å²) in [5.41, 5.74) is 2.15. The molecular weight excluding hydrogens is 374 g/mol. The topological polar surface area (TPSA) is 52.1 Å². The molecule has 29 heavy (non-hydrogen) atoms. The van der Waals surface area contributed by atoms with E-state index in [0.717, 1.165) is 48.9 Å². The van der Waals surface area contributed by atoms with E-state index >= 15 is 0 Å². The van der Waals surface area contributed by atoms with Crippen molar-refractivity contribution in [3.63, 3.8) is 0 Å². The van der Waals surface area contributed by atoms with Gasteiger partial charge in [-0.25, -0.2) is 23.5 Å². The third kappa shape index (κ3) is 5.22. The molecule has 0 bridgehead atoms. The van der Waals surface area contributed by atoms with Gasteiger partial charge in [0.25, 0.3) is 0 Å². The van der Waals surface area contributed by atoms with Crippen molar-refractivity contribution in [3.05, 3.63) is 77.4 Å². The van der Waals surface area contributed by atoms with Crippen molar-refractivity contribution in [1.82, 2.24) is 9.97 Å². The summed E-state index contributed by atoms with van der Waals surface area (Å²) in [5.74, 6) is -2.90. The van der Waals surface area contributed by atoms with Crippen molar-refractivity contribution in [1.29, 1.82) is 0 Å². The van der Waals surface area contributed by atoms with Crippen LogP contribution in [0.3, 0.4) is 0 Å². The Hall–Kier alpha value is -3.15. The van der Waals surface area contributed by atoms with Gasteiger partial charge in [-0.2, -0.15) is 0 Å². The number of esters is 1. The Balaban J connectivity index is 1.73. The molecule has 2 aromatic carbocycles. The average Bonchev–Trinajstić information content (AvgIpc) is 2.69. The molecule has 0 amide bonds. The summed E-state index contributed by atoms with van der Waals surface area (Å²) in [6.45, 7) is 4.01. The fourth-order valence-electron chi connectivity index (χ4n) is 2.93. The molecule has 0 saturated carbocycles. The summed E-state index contributed by atoms with van der Waals surface area (Å²) in [6, 6.07) is 8.78. The van der Waals surface area contributed by atoms with Gasteiger partial charge in [0.2, 0.25) is 5.82 Å². The smallest absolute Gasteiger partial charge is 0.381 e. The Morgan fingerprint density at radius 3 is 2.21 bits per heavy atom. The monoisotopic (exact) mass is 396 g/mol. The fraction of sp³-hybridized carbons (Fsp3) is 0.261. The van der Waals surface area contributed by atoms with Crippen molar-refractivity contribution >= 4 is 5.97 Å². The highest BCUT2D eigenvalue weighted by Gasteiger charge is 2.17. The number of halogens is 2. The maximum Gasteiger partial charge on any atom is 0.381 e. The zero-order chi connectivity index (χ0) is 20.8. The SMILES string of the molecule is CCCCCc1cnc(C(=O)Oc2cc(F)c(-c3ccc(C)cc3)c(F)c2)nc1. The van der Waals surface area contributed by atoms with E-state index in [0.29, 0.717) is 5.56 Å². The molecule has 3 aromatic rings. The first-order chi connectivity index (χ1) is 14.0. The van der Waals surface area contributed by atoms with Crippen LogP contribution < -0.4 is 4.74 Å². The molecule has 4 nitrogen and oxygen atoms in total. The first-order valence-corrected chi connectivity index (χ1v) is 9.57. The zero-order valence-electron chi connectivity index (χ0n) is 16.4. The largest absolute Gasteiger partial charge is 0.420 e. The Morgan fingerprint density at radius 2 is 1.62 bits per heavy atom. The summed E-state index contributed by atoms with van der Waals surface area (Å²) >= 11 is 0. The average molecular weight is 396 g/mol. The molecule has 0 spiro atoms. The molecule has 0 saturated heterocycles. The van der Waals surface area contributed by atoms with Crippen molar-refractivity contribution in [3.8, 4) is 16.9 Å². The van der Waals surface area contributed by atoms with Crippen LogP contribution in [0.15, 0.2) is 48.8 Å². The molecule has 6 heteroatoms. The lowest BCUT2D eigenvalue weighted by molar-refractivity contribution is 0.0721. The molecule has 0 fully saturated rings. The Labute approximate surface area is 168 Å². The number of unbranched alkanes of at least 4 members (excludes halogenated alkanes) is 2. The number of nitrogens with zero attached hydrogens (tertiary/aromatic N) is 2. The molecule has 150 valence electrons. The molecule has 0 radical (unpaired) electrons. The highest BCUT2D eigenvalue weighted by molar-refractivity contribution is 5.87. The molecule has 0 unspecified atom stereocenters. The highest BCUT2D eigenvalue weighted by Crippen LogP contribution is 2.30. The predicted molar refractivity (Wildman–Crippen MR) is 107 cm³/mol. The maximum absolute atomic E-state index is 14.5. The maximum atomic E-state index is 14.5. The quantitative estimate of drug-likeness (QED) is 0.293. The van der Waals surface area contributed by atoms with E-state index in [4.69, 9.17) is 4.74 Å². The molecule has 0 aliphatic rings. The highest BCUT2D eigenvalue weighted by atomic mass is 19.1. The molecule has 1 heterocycles. The van der Waals surface area contributed by atoms with Gasteiger partial charge in [0.05, 0.1) is 5.56 Å². The minimum atomic E-state index is -0.869. The van der Waals surface area contributed by atoms with E-state index in [2.05, 4.69) is 16.9 Å². The summed E-state index contributed by atoms with van der Waals surface area (Å²) in [5, 5.41) is 0. The normalized spacial score (nSPS) is 10.8. The van der Waals surface area contributed by atoms with Crippen molar-refractivity contribution in [2.45, 2.75) is 39.5 Å². The van der Waals surface area contributed by atoms with E-state index < -0.39 is 17.6 Å². The lowest BCUT2D eigenvalue weighted by atomic mass is 10.0. The van der Waals surface area contributed by atoms with Gasteiger partial charge < -0.3 is 4.74 Å². The summed E-state index contributed by atoms with van der Waals surface area (Å²) in [4.78, 5) is 20.2. The van der Waals surface area contributed by atoms with Crippen LogP contribution in [-0.4, -0.2) is 15.9 Å². The second-order valence-corrected chi connectivity index (χ2v) is 6.89. The van der Waals surface area contributed by atoms with Gasteiger partial charge in [-0.05, 0) is 30.9 Å². The number of aromatic nitrogens is 2. The van der Waals surface area contributed by atoms with Gasteiger partial charge >= 0.3 is 5.97 Å². The molecule has 0 aliphatic heterocycles. The van der Waals surface area contributed by atoms with Crippen molar-refractivity contribution in [2.75, 3.05) is 0 Å². The number of ether oxygens (including phenoxy) is 1. The number of hydrogen-bond donors (Lipinski definition) is 0. The van der Waals surface area contributed by atoms with E-state index in [9.17, 15) is 13.6 Å². The van der Waals surface area contributed by atoms with E-state index in [-0.39, 0.29) is 17.1 Å². The van der Waals surface area contributed by atoms with Crippen molar-refractivity contribution in [2.24, 2.45) is 0 Å². The van der Waals surface area contributed by atoms with Crippen molar-refractivity contribution < 1.29 is 18.3 Å². The third-order valence-electron chi connectivity index (χ3n) is 4.52. The molecule has 0 N–H and O–H groups in total. The number of carbonyl (C=O) groups is 1. The minimum Gasteiger partial charge on any atom is -0.420 e. The van der Waals surface area contributed by atoms with Gasteiger partial charge in [0.1, 0.15) is 17.4 Å². The number of benzene rings is 2. The molecular formula is C23H22F2N2O2. The van der Waals surface area contributed by atoms with Crippen LogP contribution in [0, 0.1) is 18.6 Å². The van der Waals surface area contributed by atoms with Crippen LogP contribution in [0.1, 0.15) is 47.9 Å².